The van der Waals surface area contributed by atoms with Gasteiger partial charge in [-0.05, 0) is 75.0 Å². The Bertz CT molecular complexity index is 1340. The number of anilines is 2. The third-order valence-electron chi connectivity index (χ3n) is 5.87. The first-order valence-corrected chi connectivity index (χ1v) is 14.2. The Hall–Kier alpha value is -3.02. The molecule has 1 aliphatic heterocycles. The van der Waals surface area contributed by atoms with Crippen LogP contribution in [0.3, 0.4) is 0 Å². The number of carbonyl (C=O) groups excluding carboxylic acids is 1. The van der Waals surface area contributed by atoms with Crippen molar-refractivity contribution in [2.45, 2.75) is 57.2 Å². The van der Waals surface area contributed by atoms with Crippen LogP contribution in [0.5, 0.6) is 0 Å². The van der Waals surface area contributed by atoms with Crippen molar-refractivity contribution in [3.05, 3.63) is 70.9 Å². The molecule has 0 unspecified atom stereocenters. The van der Waals surface area contributed by atoms with E-state index in [-0.39, 0.29) is 11.9 Å². The fourth-order valence-electron chi connectivity index (χ4n) is 4.19. The molecule has 0 saturated carbocycles. The highest BCUT2D eigenvalue weighted by molar-refractivity contribution is 7.93. The number of aryl methyl sites for hydroxylation is 1. The Kier molecular flexibility index (Phi) is 7.86. The second kappa shape index (κ2) is 10.8. The van der Waals surface area contributed by atoms with Gasteiger partial charge >= 0.3 is 6.09 Å². The van der Waals surface area contributed by atoms with Gasteiger partial charge in [0.05, 0.1) is 0 Å². The summed E-state index contributed by atoms with van der Waals surface area (Å²) in [5, 5.41) is 4.89. The first-order chi connectivity index (χ1) is 17.4. The summed E-state index contributed by atoms with van der Waals surface area (Å²) in [5.41, 5.74) is 1.33. The van der Waals surface area contributed by atoms with E-state index < -0.39 is 32.4 Å². The van der Waals surface area contributed by atoms with Crippen molar-refractivity contribution in [3.8, 4) is 0 Å². The van der Waals surface area contributed by atoms with Crippen LogP contribution in [0.15, 0.2) is 58.8 Å². The van der Waals surface area contributed by atoms with Gasteiger partial charge < -0.3 is 10.1 Å². The largest absolute Gasteiger partial charge is 0.443 e. The van der Waals surface area contributed by atoms with E-state index >= 15 is 4.39 Å². The highest BCUT2D eigenvalue weighted by Gasteiger charge is 2.38. The molecular weight excluding hydrogens is 515 g/mol. The number of likely N-dealkylation sites (tertiary alicyclic amines) is 1. The average Bonchev–Trinajstić information content (AvgIpc) is 3.48. The number of ether oxygens (including phenoxy) is 1. The molecule has 1 saturated heterocycles. The molecule has 1 aliphatic rings. The second-order valence-corrected chi connectivity index (χ2v) is 12.5. The number of aromatic nitrogens is 1. The van der Waals surface area contributed by atoms with Gasteiger partial charge in [-0.1, -0.05) is 30.3 Å². The fourth-order valence-corrected chi connectivity index (χ4v) is 6.15. The van der Waals surface area contributed by atoms with E-state index in [1.54, 1.807) is 27.7 Å². The van der Waals surface area contributed by atoms with Gasteiger partial charge in [-0.3, -0.25) is 4.90 Å². The predicted octanol–water partition coefficient (Wildman–Crippen LogP) is 5.41. The van der Waals surface area contributed by atoms with Crippen LogP contribution in [0, 0.1) is 12.7 Å². The molecule has 2 aromatic carbocycles. The molecule has 3 aromatic rings. The monoisotopic (exact) mass is 546 g/mol. The topological polar surface area (TPSA) is 91.8 Å². The van der Waals surface area contributed by atoms with Gasteiger partial charge in [-0.25, -0.2) is 17.6 Å². The molecule has 2 heterocycles. The molecule has 1 atom stereocenters. The molecule has 1 N–H and O–H groups in total. The van der Waals surface area contributed by atoms with E-state index in [1.165, 1.54) is 29.1 Å². The normalized spacial score (nSPS) is 16.5. The van der Waals surface area contributed by atoms with Crippen molar-refractivity contribution >= 4 is 39.2 Å². The van der Waals surface area contributed by atoms with Crippen molar-refractivity contribution in [2.75, 3.05) is 22.7 Å². The Morgan fingerprint density at radius 1 is 1.24 bits per heavy atom. The number of nitrogens with one attached hydrogen (secondary N) is 1. The summed E-state index contributed by atoms with van der Waals surface area (Å²) in [6, 6.07) is 14.1. The number of benzene rings is 2. The lowest BCUT2D eigenvalue weighted by molar-refractivity contribution is 0.0608. The zero-order chi connectivity index (χ0) is 26.8. The summed E-state index contributed by atoms with van der Waals surface area (Å²) in [6.07, 6.45) is -0.272. The van der Waals surface area contributed by atoms with E-state index in [2.05, 4.69) is 26.7 Å². The van der Waals surface area contributed by atoms with Crippen LogP contribution < -0.4 is 9.62 Å². The summed E-state index contributed by atoms with van der Waals surface area (Å²) in [6.45, 7) is 9.08. The third kappa shape index (κ3) is 6.46. The molecule has 1 fully saturated rings. The predicted molar refractivity (Wildman–Crippen MR) is 143 cm³/mol. The van der Waals surface area contributed by atoms with Crippen LogP contribution in [-0.2, 0) is 21.3 Å². The van der Waals surface area contributed by atoms with E-state index in [0.717, 1.165) is 37.6 Å². The quantitative estimate of drug-likeness (QED) is 0.424. The molecule has 0 radical (unpaired) electrons. The van der Waals surface area contributed by atoms with Crippen LogP contribution in [0.4, 0.5) is 20.7 Å². The number of halogens is 1. The molecule has 8 nitrogen and oxygen atoms in total. The number of carbonyl (C=O) groups is 1. The molecule has 0 aliphatic carbocycles. The van der Waals surface area contributed by atoms with Gasteiger partial charge in [0.25, 0.3) is 10.0 Å². The van der Waals surface area contributed by atoms with E-state index in [4.69, 9.17) is 4.74 Å². The molecule has 1 amide bonds. The maximum absolute atomic E-state index is 15.3. The van der Waals surface area contributed by atoms with Crippen LogP contribution in [-0.4, -0.2) is 48.5 Å². The first-order valence-electron chi connectivity index (χ1n) is 12.0. The minimum atomic E-state index is -4.64. The molecule has 11 heteroatoms. The van der Waals surface area contributed by atoms with E-state index in [9.17, 15) is 13.2 Å². The summed E-state index contributed by atoms with van der Waals surface area (Å²) in [4.78, 5) is 14.6. The second-order valence-electron chi connectivity index (χ2n) is 10.1. The molecule has 0 spiro atoms. The van der Waals surface area contributed by atoms with Crippen LogP contribution in [0.25, 0.3) is 0 Å². The van der Waals surface area contributed by atoms with Crippen molar-refractivity contribution < 1.29 is 22.3 Å². The molecule has 198 valence electrons. The third-order valence-corrected chi connectivity index (χ3v) is 8.11. The van der Waals surface area contributed by atoms with Gasteiger partial charge in [0.15, 0.2) is 5.82 Å². The Balaban J connectivity index is 1.54. The summed E-state index contributed by atoms with van der Waals surface area (Å²) in [7, 11) is -4.64. The van der Waals surface area contributed by atoms with Crippen LogP contribution >= 0.6 is 11.5 Å². The maximum Gasteiger partial charge on any atom is 0.430 e. The maximum atomic E-state index is 15.3. The number of nitrogens with zero attached hydrogens (tertiary/aromatic N) is 3. The van der Waals surface area contributed by atoms with Crippen molar-refractivity contribution in [3.63, 3.8) is 0 Å². The number of sulfonamides is 1. The van der Waals surface area contributed by atoms with Crippen molar-refractivity contribution in [1.82, 2.24) is 9.27 Å². The number of rotatable bonds is 7. The Labute approximate surface area is 221 Å². The van der Waals surface area contributed by atoms with Gasteiger partial charge in [0.2, 0.25) is 0 Å². The SMILES string of the molecule is Cc1cc(S(=O)(=O)N(C(=O)OC(C)(C)C)c2ccsn2)c(F)cc1N[C@H]1CCN(Cc2ccccc2)C1. The zero-order valence-corrected chi connectivity index (χ0v) is 22.9. The molecule has 0 bridgehead atoms. The molecule has 4 rings (SSSR count). The zero-order valence-electron chi connectivity index (χ0n) is 21.3. The fraction of sp³-hybridized carbons (Fsp3) is 0.385. The highest BCUT2D eigenvalue weighted by Crippen LogP contribution is 2.31. The van der Waals surface area contributed by atoms with Crippen LogP contribution in [0.2, 0.25) is 0 Å². The smallest absolute Gasteiger partial charge is 0.430 e. The van der Waals surface area contributed by atoms with Gasteiger partial charge in [-0.15, -0.1) is 4.31 Å². The minimum Gasteiger partial charge on any atom is -0.443 e. The van der Waals surface area contributed by atoms with Crippen LogP contribution in [0.1, 0.15) is 38.3 Å². The standard InChI is InChI=1S/C26H31FN4O4S2/c1-18-14-23(37(33,34)31(24-11-13-36-29-24)25(32)35-26(2,3)4)21(27)15-22(18)28-20-10-12-30(17-20)16-19-8-6-5-7-9-19/h5-9,11,13-15,20,28H,10,12,16-17H2,1-4H3/t20-/m0/s1. The number of hydrogen-bond acceptors (Lipinski definition) is 8. The Morgan fingerprint density at radius 2 is 1.97 bits per heavy atom. The lowest BCUT2D eigenvalue weighted by Gasteiger charge is -2.26. The van der Waals surface area contributed by atoms with Crippen molar-refractivity contribution in [2.24, 2.45) is 0 Å². The summed E-state index contributed by atoms with van der Waals surface area (Å²) < 4.78 is 52.1. The lowest BCUT2D eigenvalue weighted by Crippen LogP contribution is -2.41. The molecule has 1 aromatic heterocycles. The first kappa shape index (κ1) is 27.0. The van der Waals surface area contributed by atoms with E-state index in [0.29, 0.717) is 15.6 Å². The highest BCUT2D eigenvalue weighted by atomic mass is 32.2. The number of amides is 1. The molecular formula is C26H31FN4O4S2. The van der Waals surface area contributed by atoms with Gasteiger partial charge in [-0.2, -0.15) is 4.37 Å². The van der Waals surface area contributed by atoms with Gasteiger partial charge in [0.1, 0.15) is 16.3 Å². The average molecular weight is 547 g/mol. The van der Waals surface area contributed by atoms with Gasteiger partial charge in [0, 0.05) is 36.7 Å². The summed E-state index contributed by atoms with van der Waals surface area (Å²) >= 11 is 0.971. The number of hydrogen-bond donors (Lipinski definition) is 1. The van der Waals surface area contributed by atoms with E-state index in [1.807, 2.05) is 18.2 Å². The van der Waals surface area contributed by atoms with Crippen molar-refractivity contribution in [1.29, 1.82) is 0 Å². The molecule has 37 heavy (non-hydrogen) atoms. The Morgan fingerprint density at radius 3 is 2.62 bits per heavy atom. The minimum absolute atomic E-state index is 0.0949. The lowest BCUT2D eigenvalue weighted by atomic mass is 10.1. The summed E-state index contributed by atoms with van der Waals surface area (Å²) in [5.74, 6) is -1.11.